The Hall–Kier alpha value is -1.78. The van der Waals surface area contributed by atoms with Crippen LogP contribution in [0.15, 0.2) is 53.4 Å². The zero-order valence-electron chi connectivity index (χ0n) is 12.8. The number of carbonyl (C=O) groups is 1. The number of carbonyl (C=O) groups excluding carboxylic acids is 1. The molecule has 0 N–H and O–H groups in total. The molecule has 0 spiro atoms. The molecule has 0 amide bonds. The maximum atomic E-state index is 12.5. The molecule has 1 atom stereocenters. The van der Waals surface area contributed by atoms with E-state index >= 15 is 0 Å². The molecule has 1 aliphatic heterocycles. The molecule has 2 aromatic rings. The summed E-state index contributed by atoms with van der Waals surface area (Å²) in [6.07, 6.45) is 0. The number of benzene rings is 2. The molecule has 22 heavy (non-hydrogen) atoms. The van der Waals surface area contributed by atoms with Crippen LogP contribution in [0.2, 0.25) is 0 Å². The number of fused-ring (bicyclic) bond motifs is 3. The van der Waals surface area contributed by atoms with Crippen LogP contribution in [0.25, 0.3) is 11.1 Å². The monoisotopic (exact) mass is 313 g/mol. The van der Waals surface area contributed by atoms with Gasteiger partial charge in [-0.2, -0.15) is 0 Å². The number of ether oxygens (including phenoxy) is 1. The van der Waals surface area contributed by atoms with Crippen molar-refractivity contribution in [3.8, 4) is 11.1 Å². The van der Waals surface area contributed by atoms with Gasteiger partial charge in [0, 0.05) is 11.4 Å². The van der Waals surface area contributed by atoms with Gasteiger partial charge in [0.2, 0.25) is 0 Å². The van der Waals surface area contributed by atoms with E-state index in [4.69, 9.17) is 4.74 Å². The highest BCUT2D eigenvalue weighted by atomic mass is 32.2. The summed E-state index contributed by atoms with van der Waals surface area (Å²) in [6.45, 7) is 1.16. The normalized spacial score (nSPS) is 16.0. The van der Waals surface area contributed by atoms with Crippen molar-refractivity contribution in [2.24, 2.45) is 0 Å². The van der Waals surface area contributed by atoms with Gasteiger partial charge in [-0.1, -0.05) is 42.5 Å². The Bertz CT molecular complexity index is 684. The van der Waals surface area contributed by atoms with Crippen LogP contribution in [0, 0.1) is 0 Å². The van der Waals surface area contributed by atoms with E-state index in [1.54, 1.807) is 11.8 Å². The smallest absolute Gasteiger partial charge is 0.324 e. The SMILES string of the molecule is CN(C)CCOC(=O)C1Sc2ccccc2-c2ccccc21. The van der Waals surface area contributed by atoms with Crippen LogP contribution in [0.3, 0.4) is 0 Å². The number of rotatable bonds is 4. The van der Waals surface area contributed by atoms with E-state index in [1.165, 1.54) is 5.56 Å². The third-order valence-electron chi connectivity index (χ3n) is 3.66. The minimum atomic E-state index is -0.284. The number of likely N-dealkylation sites (N-methyl/N-ethyl adjacent to an activating group) is 1. The maximum absolute atomic E-state index is 12.5. The first kappa shape index (κ1) is 15.1. The molecule has 3 rings (SSSR count). The molecule has 4 heteroatoms. The second kappa shape index (κ2) is 6.55. The molecule has 2 aromatic carbocycles. The second-order valence-electron chi connectivity index (χ2n) is 5.55. The molecule has 114 valence electrons. The highest BCUT2D eigenvalue weighted by molar-refractivity contribution is 8.00. The molecule has 0 saturated heterocycles. The zero-order valence-corrected chi connectivity index (χ0v) is 13.6. The highest BCUT2D eigenvalue weighted by Crippen LogP contribution is 2.49. The van der Waals surface area contributed by atoms with Crippen LogP contribution in [0.5, 0.6) is 0 Å². The average Bonchev–Trinajstić information content (AvgIpc) is 2.53. The van der Waals surface area contributed by atoms with Crippen LogP contribution in [-0.4, -0.2) is 38.1 Å². The van der Waals surface area contributed by atoms with E-state index in [0.29, 0.717) is 6.61 Å². The summed E-state index contributed by atoms with van der Waals surface area (Å²) in [5, 5.41) is -0.284. The molecule has 0 saturated carbocycles. The van der Waals surface area contributed by atoms with Crippen molar-refractivity contribution in [3.63, 3.8) is 0 Å². The van der Waals surface area contributed by atoms with Gasteiger partial charge in [-0.15, -0.1) is 11.8 Å². The predicted molar refractivity (Wildman–Crippen MR) is 90.0 cm³/mol. The first-order valence-corrected chi connectivity index (χ1v) is 8.21. The van der Waals surface area contributed by atoms with Crippen molar-refractivity contribution >= 4 is 17.7 Å². The zero-order chi connectivity index (χ0) is 15.5. The standard InChI is InChI=1S/C18H19NO2S/c1-19(2)11-12-21-18(20)17-15-9-4-3-7-13(15)14-8-5-6-10-16(14)22-17/h3-10,17H,11-12H2,1-2H3. The minimum absolute atomic E-state index is 0.159. The molecule has 0 aromatic heterocycles. The molecular weight excluding hydrogens is 294 g/mol. The Morgan fingerprint density at radius 2 is 1.77 bits per heavy atom. The lowest BCUT2D eigenvalue weighted by Crippen LogP contribution is -2.23. The van der Waals surface area contributed by atoms with Gasteiger partial charge in [-0.25, -0.2) is 0 Å². The second-order valence-corrected chi connectivity index (χ2v) is 6.70. The van der Waals surface area contributed by atoms with Crippen molar-refractivity contribution < 1.29 is 9.53 Å². The van der Waals surface area contributed by atoms with Gasteiger partial charge in [0.25, 0.3) is 0 Å². The number of hydrogen-bond acceptors (Lipinski definition) is 4. The third-order valence-corrected chi connectivity index (χ3v) is 4.95. The Morgan fingerprint density at radius 3 is 2.55 bits per heavy atom. The van der Waals surface area contributed by atoms with Gasteiger partial charge in [-0.3, -0.25) is 4.79 Å². The Balaban J connectivity index is 1.87. The van der Waals surface area contributed by atoms with Crippen LogP contribution in [0.4, 0.5) is 0 Å². The number of hydrogen-bond donors (Lipinski definition) is 0. The topological polar surface area (TPSA) is 29.5 Å². The summed E-state index contributed by atoms with van der Waals surface area (Å²) in [7, 11) is 3.93. The summed E-state index contributed by atoms with van der Waals surface area (Å²) in [4.78, 5) is 15.6. The molecule has 1 aliphatic rings. The lowest BCUT2D eigenvalue weighted by molar-refractivity contribution is -0.143. The first-order chi connectivity index (χ1) is 10.7. The lowest BCUT2D eigenvalue weighted by atomic mass is 9.97. The molecule has 0 radical (unpaired) electrons. The van der Waals surface area contributed by atoms with Gasteiger partial charge in [0.05, 0.1) is 0 Å². The van der Waals surface area contributed by atoms with Crippen molar-refractivity contribution in [1.82, 2.24) is 4.90 Å². The van der Waals surface area contributed by atoms with E-state index < -0.39 is 0 Å². The summed E-state index contributed by atoms with van der Waals surface area (Å²) in [5.41, 5.74) is 3.37. The molecular formula is C18H19NO2S. The highest BCUT2D eigenvalue weighted by Gasteiger charge is 2.31. The van der Waals surface area contributed by atoms with Gasteiger partial charge < -0.3 is 9.64 Å². The minimum Gasteiger partial charge on any atom is -0.463 e. The van der Waals surface area contributed by atoms with E-state index in [9.17, 15) is 4.79 Å². The molecule has 0 bridgehead atoms. The quantitative estimate of drug-likeness (QED) is 0.807. The van der Waals surface area contributed by atoms with Crippen LogP contribution in [0.1, 0.15) is 10.8 Å². The Labute approximate surface area is 135 Å². The van der Waals surface area contributed by atoms with E-state index in [2.05, 4.69) is 18.2 Å². The first-order valence-electron chi connectivity index (χ1n) is 7.33. The largest absolute Gasteiger partial charge is 0.463 e. The number of nitrogens with zero attached hydrogens (tertiary/aromatic N) is 1. The van der Waals surface area contributed by atoms with Crippen LogP contribution < -0.4 is 0 Å². The van der Waals surface area contributed by atoms with Crippen molar-refractivity contribution in [2.45, 2.75) is 10.1 Å². The summed E-state index contributed by atoms with van der Waals surface area (Å²) >= 11 is 1.58. The van der Waals surface area contributed by atoms with Crippen molar-refractivity contribution in [3.05, 3.63) is 54.1 Å². The fourth-order valence-electron chi connectivity index (χ4n) is 2.53. The Morgan fingerprint density at radius 1 is 1.09 bits per heavy atom. The van der Waals surface area contributed by atoms with Gasteiger partial charge in [0.15, 0.2) is 0 Å². The van der Waals surface area contributed by atoms with Gasteiger partial charge in [0.1, 0.15) is 11.9 Å². The van der Waals surface area contributed by atoms with E-state index in [1.807, 2.05) is 49.3 Å². The van der Waals surface area contributed by atoms with E-state index in [-0.39, 0.29) is 11.2 Å². The summed E-state index contributed by atoms with van der Waals surface area (Å²) in [6, 6.07) is 16.3. The molecule has 3 nitrogen and oxygen atoms in total. The summed E-state index contributed by atoms with van der Waals surface area (Å²) in [5.74, 6) is -0.159. The fourth-order valence-corrected chi connectivity index (χ4v) is 3.75. The summed E-state index contributed by atoms with van der Waals surface area (Å²) < 4.78 is 5.46. The predicted octanol–water partition coefficient (Wildman–Crippen LogP) is 3.61. The van der Waals surface area contributed by atoms with Crippen molar-refractivity contribution in [2.75, 3.05) is 27.2 Å². The van der Waals surface area contributed by atoms with Crippen molar-refractivity contribution in [1.29, 1.82) is 0 Å². The molecule has 1 heterocycles. The van der Waals surface area contributed by atoms with Gasteiger partial charge in [-0.05, 0) is 36.9 Å². The fraction of sp³-hybridized carbons (Fsp3) is 0.278. The molecule has 1 unspecified atom stereocenters. The third kappa shape index (κ3) is 3.03. The molecule has 0 fully saturated rings. The maximum Gasteiger partial charge on any atom is 0.324 e. The number of thioether (sulfide) groups is 1. The van der Waals surface area contributed by atoms with Crippen LogP contribution in [-0.2, 0) is 9.53 Å². The molecule has 0 aliphatic carbocycles. The van der Waals surface area contributed by atoms with E-state index in [0.717, 1.165) is 22.6 Å². The van der Waals surface area contributed by atoms with Crippen LogP contribution >= 0.6 is 11.8 Å². The number of esters is 1. The Kier molecular flexibility index (Phi) is 4.50. The lowest BCUT2D eigenvalue weighted by Gasteiger charge is -2.26. The van der Waals surface area contributed by atoms with Gasteiger partial charge >= 0.3 is 5.97 Å². The average molecular weight is 313 g/mol.